The van der Waals surface area contributed by atoms with E-state index in [-0.39, 0.29) is 29.5 Å². The Bertz CT molecular complexity index is 333. The van der Waals surface area contributed by atoms with Crippen molar-refractivity contribution in [2.45, 2.75) is 71.9 Å². The summed E-state index contributed by atoms with van der Waals surface area (Å²) >= 11 is 0. The molecule has 1 rings (SSSR count). The fourth-order valence-electron chi connectivity index (χ4n) is 2.79. The largest absolute Gasteiger partial charge is 0.357 e. The molecule has 24 heavy (non-hydrogen) atoms. The number of halogens is 1. The Kier molecular flexibility index (Phi) is 13.1. The zero-order valence-electron chi connectivity index (χ0n) is 16.5. The molecule has 0 aromatic carbocycles. The van der Waals surface area contributed by atoms with Gasteiger partial charge in [0, 0.05) is 37.8 Å². The van der Waals surface area contributed by atoms with Crippen molar-refractivity contribution < 1.29 is 0 Å². The summed E-state index contributed by atoms with van der Waals surface area (Å²) in [5.41, 5.74) is 0.159. The summed E-state index contributed by atoms with van der Waals surface area (Å²) in [4.78, 5) is 7.29. The Hall–Kier alpha value is -0.0800. The molecule has 0 spiro atoms. The number of nitrogens with zero attached hydrogens (tertiary/aromatic N) is 2. The third-order valence-corrected chi connectivity index (χ3v) is 4.14. The highest BCUT2D eigenvalue weighted by atomic mass is 127. The van der Waals surface area contributed by atoms with E-state index in [2.05, 4.69) is 55.5 Å². The van der Waals surface area contributed by atoms with Crippen molar-refractivity contribution in [3.8, 4) is 0 Å². The summed E-state index contributed by atoms with van der Waals surface area (Å²) in [6.07, 6.45) is 5.05. The fourth-order valence-corrected chi connectivity index (χ4v) is 2.79. The maximum absolute atomic E-state index is 4.70. The summed E-state index contributed by atoms with van der Waals surface area (Å²) in [7, 11) is 0. The van der Waals surface area contributed by atoms with Gasteiger partial charge in [0.2, 0.25) is 0 Å². The molecule has 1 aliphatic heterocycles. The van der Waals surface area contributed by atoms with Crippen molar-refractivity contribution in [1.29, 1.82) is 0 Å². The lowest BCUT2D eigenvalue weighted by Gasteiger charge is -2.33. The number of hydrogen-bond donors (Lipinski definition) is 3. The molecule has 6 heteroatoms. The normalized spacial score (nSPS) is 17.5. The first-order chi connectivity index (χ1) is 10.9. The molecule has 1 aliphatic rings. The van der Waals surface area contributed by atoms with Gasteiger partial charge in [-0.3, -0.25) is 4.99 Å². The smallest absolute Gasteiger partial charge is 0.191 e. The lowest BCUT2D eigenvalue weighted by atomic mass is 10.0. The van der Waals surface area contributed by atoms with Gasteiger partial charge < -0.3 is 20.9 Å². The van der Waals surface area contributed by atoms with E-state index in [1.54, 1.807) is 0 Å². The van der Waals surface area contributed by atoms with Gasteiger partial charge in [-0.1, -0.05) is 13.3 Å². The summed E-state index contributed by atoms with van der Waals surface area (Å²) in [6.45, 7) is 17.3. The minimum Gasteiger partial charge on any atom is -0.357 e. The molecule has 0 unspecified atom stereocenters. The molecule has 0 amide bonds. The van der Waals surface area contributed by atoms with E-state index in [1.165, 1.54) is 45.3 Å². The monoisotopic (exact) mass is 453 g/mol. The Morgan fingerprint density at radius 1 is 1.17 bits per heavy atom. The minimum absolute atomic E-state index is 0. The first kappa shape index (κ1) is 23.9. The highest BCUT2D eigenvalue weighted by Gasteiger charge is 2.19. The molecule has 144 valence electrons. The first-order valence-corrected chi connectivity index (χ1v) is 9.47. The van der Waals surface area contributed by atoms with Crippen LogP contribution in [-0.2, 0) is 0 Å². The van der Waals surface area contributed by atoms with Gasteiger partial charge in [-0.2, -0.15) is 0 Å². The van der Waals surface area contributed by atoms with Gasteiger partial charge in [-0.25, -0.2) is 0 Å². The number of unbranched alkanes of at least 4 members (excludes halogenated alkanes) is 1. The molecule has 0 radical (unpaired) electrons. The van der Waals surface area contributed by atoms with Crippen LogP contribution in [0.15, 0.2) is 4.99 Å². The van der Waals surface area contributed by atoms with Crippen LogP contribution in [0.1, 0.15) is 60.3 Å². The molecule has 0 aromatic rings. The van der Waals surface area contributed by atoms with Crippen molar-refractivity contribution in [3.05, 3.63) is 0 Å². The van der Waals surface area contributed by atoms with E-state index >= 15 is 0 Å². The first-order valence-electron chi connectivity index (χ1n) is 9.47. The Morgan fingerprint density at radius 3 is 2.38 bits per heavy atom. The van der Waals surface area contributed by atoms with Crippen LogP contribution in [0, 0.1) is 0 Å². The highest BCUT2D eigenvalue weighted by Crippen LogP contribution is 2.11. The molecule has 1 fully saturated rings. The van der Waals surface area contributed by atoms with Crippen LogP contribution in [0.3, 0.4) is 0 Å². The summed E-state index contributed by atoms with van der Waals surface area (Å²) in [5, 5.41) is 10.5. The molecule has 1 heterocycles. The minimum atomic E-state index is 0. The van der Waals surface area contributed by atoms with Crippen LogP contribution in [0.5, 0.6) is 0 Å². The molecular weight excluding hydrogens is 413 g/mol. The second-order valence-corrected chi connectivity index (χ2v) is 7.55. The van der Waals surface area contributed by atoms with Gasteiger partial charge in [0.25, 0.3) is 0 Å². The van der Waals surface area contributed by atoms with Crippen molar-refractivity contribution in [3.63, 3.8) is 0 Å². The van der Waals surface area contributed by atoms with Crippen LogP contribution in [0.25, 0.3) is 0 Å². The third kappa shape index (κ3) is 11.5. The van der Waals surface area contributed by atoms with Gasteiger partial charge >= 0.3 is 0 Å². The molecule has 1 saturated heterocycles. The highest BCUT2D eigenvalue weighted by molar-refractivity contribution is 14.0. The Balaban J connectivity index is 0.00000529. The molecule has 0 aliphatic carbocycles. The predicted octanol–water partition coefficient (Wildman–Crippen LogP) is 2.81. The topological polar surface area (TPSA) is 51.7 Å². The summed E-state index contributed by atoms with van der Waals surface area (Å²) in [6, 6.07) is 0.557. The number of nitrogens with one attached hydrogen (secondary N) is 3. The molecular formula is C18H40IN5. The van der Waals surface area contributed by atoms with Crippen molar-refractivity contribution in [1.82, 2.24) is 20.9 Å². The molecule has 0 aromatic heterocycles. The number of aliphatic imine (C=N–C) groups is 1. The van der Waals surface area contributed by atoms with Crippen LogP contribution in [-0.4, -0.2) is 61.7 Å². The van der Waals surface area contributed by atoms with Gasteiger partial charge in [0.15, 0.2) is 5.96 Å². The SMILES string of the molecule is CCCCN1CCC(NC(=NCCNC(C)(C)C)NCC)CC1.I. The van der Waals surface area contributed by atoms with E-state index in [0.717, 1.165) is 25.6 Å². The van der Waals surface area contributed by atoms with Crippen LogP contribution < -0.4 is 16.0 Å². The maximum Gasteiger partial charge on any atom is 0.191 e. The number of piperidine rings is 1. The molecule has 0 saturated carbocycles. The van der Waals surface area contributed by atoms with E-state index in [9.17, 15) is 0 Å². The van der Waals surface area contributed by atoms with E-state index in [0.29, 0.717) is 6.04 Å². The number of hydrogen-bond acceptors (Lipinski definition) is 3. The van der Waals surface area contributed by atoms with Gasteiger partial charge in [-0.05, 0) is 53.5 Å². The van der Waals surface area contributed by atoms with Crippen LogP contribution in [0.2, 0.25) is 0 Å². The number of rotatable bonds is 8. The molecule has 3 N–H and O–H groups in total. The average molecular weight is 453 g/mol. The fraction of sp³-hybridized carbons (Fsp3) is 0.944. The zero-order chi connectivity index (χ0) is 17.1. The summed E-state index contributed by atoms with van der Waals surface area (Å²) < 4.78 is 0. The van der Waals surface area contributed by atoms with E-state index in [1.807, 2.05) is 0 Å². The number of guanidine groups is 1. The van der Waals surface area contributed by atoms with Gasteiger partial charge in [-0.15, -0.1) is 24.0 Å². The van der Waals surface area contributed by atoms with Crippen LogP contribution in [0.4, 0.5) is 0 Å². The zero-order valence-corrected chi connectivity index (χ0v) is 18.8. The summed E-state index contributed by atoms with van der Waals surface area (Å²) in [5.74, 6) is 0.968. The second kappa shape index (κ2) is 13.2. The van der Waals surface area contributed by atoms with Gasteiger partial charge in [0.05, 0.1) is 6.54 Å². The second-order valence-electron chi connectivity index (χ2n) is 7.55. The van der Waals surface area contributed by atoms with Crippen molar-refractivity contribution in [2.75, 3.05) is 39.3 Å². The van der Waals surface area contributed by atoms with E-state index < -0.39 is 0 Å². The lowest BCUT2D eigenvalue weighted by molar-refractivity contribution is 0.203. The Labute approximate surface area is 166 Å². The van der Waals surface area contributed by atoms with Crippen molar-refractivity contribution >= 4 is 29.9 Å². The lowest BCUT2D eigenvalue weighted by Crippen LogP contribution is -2.49. The predicted molar refractivity (Wildman–Crippen MR) is 117 cm³/mol. The molecule has 0 atom stereocenters. The molecule has 5 nitrogen and oxygen atoms in total. The quantitative estimate of drug-likeness (QED) is 0.229. The third-order valence-electron chi connectivity index (χ3n) is 4.14. The average Bonchev–Trinajstić information content (AvgIpc) is 2.50. The number of likely N-dealkylation sites (tertiary alicyclic amines) is 1. The van der Waals surface area contributed by atoms with E-state index in [4.69, 9.17) is 4.99 Å². The van der Waals surface area contributed by atoms with Crippen molar-refractivity contribution in [2.24, 2.45) is 4.99 Å². The standard InChI is InChI=1S/C18H39N5.HI/c1-6-8-13-23-14-9-16(10-15-23)22-17(19-7-2)20-11-12-21-18(3,4)5;/h16,21H,6-15H2,1-5H3,(H2,19,20,22);1H. The maximum atomic E-state index is 4.70. The Morgan fingerprint density at radius 2 is 1.83 bits per heavy atom. The molecule has 0 bridgehead atoms. The van der Waals surface area contributed by atoms with Crippen LogP contribution >= 0.6 is 24.0 Å². The van der Waals surface area contributed by atoms with Gasteiger partial charge in [0.1, 0.15) is 0 Å².